The summed E-state index contributed by atoms with van der Waals surface area (Å²) in [6, 6.07) is 11.3. The van der Waals surface area contributed by atoms with Crippen LogP contribution in [0.3, 0.4) is 0 Å². The van der Waals surface area contributed by atoms with Gasteiger partial charge in [-0.1, -0.05) is 36.7 Å². The van der Waals surface area contributed by atoms with Crippen LogP contribution in [0.5, 0.6) is 0 Å². The number of carbonyl (C=O) groups excluding carboxylic acids is 2. The fourth-order valence-corrected chi connectivity index (χ4v) is 4.16. The van der Waals surface area contributed by atoms with Crippen LogP contribution in [-0.4, -0.2) is 76.7 Å². The summed E-state index contributed by atoms with van der Waals surface area (Å²) in [4.78, 5) is 31.4. The molecule has 0 spiro atoms. The maximum atomic E-state index is 13.1. The van der Waals surface area contributed by atoms with Gasteiger partial charge in [0, 0.05) is 43.8 Å². The van der Waals surface area contributed by atoms with E-state index in [1.54, 1.807) is 4.90 Å². The standard InChI is InChI=1S/C25H35ClN6O2/c1-5-19(4)32(25(34)27-18(2)3)17-24(33)31-14-8-13-30(15-16-31)23-12-11-22(28-29-23)20-9-6-7-10-21(20)26/h6-7,9-12,18-19H,5,8,13-17H2,1-4H3,(H,27,34). The molecule has 1 atom stereocenters. The van der Waals surface area contributed by atoms with Gasteiger partial charge in [-0.05, 0) is 51.8 Å². The van der Waals surface area contributed by atoms with Gasteiger partial charge in [-0.2, -0.15) is 0 Å². The van der Waals surface area contributed by atoms with Crippen molar-refractivity contribution in [2.45, 2.75) is 52.6 Å². The summed E-state index contributed by atoms with van der Waals surface area (Å²) in [6.45, 7) is 10.6. The minimum absolute atomic E-state index is 0.0157. The van der Waals surface area contributed by atoms with E-state index in [2.05, 4.69) is 20.4 Å². The van der Waals surface area contributed by atoms with E-state index < -0.39 is 0 Å². The molecule has 0 aliphatic carbocycles. The van der Waals surface area contributed by atoms with Gasteiger partial charge in [0.15, 0.2) is 5.82 Å². The van der Waals surface area contributed by atoms with Gasteiger partial charge in [0.25, 0.3) is 0 Å². The van der Waals surface area contributed by atoms with E-state index in [0.717, 1.165) is 36.5 Å². The Morgan fingerprint density at radius 2 is 1.82 bits per heavy atom. The number of benzene rings is 1. The lowest BCUT2D eigenvalue weighted by Crippen LogP contribution is -2.51. The number of nitrogens with one attached hydrogen (secondary N) is 1. The van der Waals surface area contributed by atoms with Crippen LogP contribution < -0.4 is 10.2 Å². The van der Waals surface area contributed by atoms with Crippen molar-refractivity contribution in [1.82, 2.24) is 25.3 Å². The van der Waals surface area contributed by atoms with Crippen molar-refractivity contribution in [3.05, 3.63) is 41.4 Å². The molecule has 9 heteroatoms. The lowest BCUT2D eigenvalue weighted by molar-refractivity contribution is -0.132. The largest absolute Gasteiger partial charge is 0.353 e. The van der Waals surface area contributed by atoms with Gasteiger partial charge in [-0.25, -0.2) is 4.79 Å². The third-order valence-electron chi connectivity index (χ3n) is 6.07. The van der Waals surface area contributed by atoms with Crippen LogP contribution in [0, 0.1) is 0 Å². The van der Waals surface area contributed by atoms with E-state index in [9.17, 15) is 9.59 Å². The second-order valence-electron chi connectivity index (χ2n) is 8.97. The molecule has 184 valence electrons. The monoisotopic (exact) mass is 486 g/mol. The van der Waals surface area contributed by atoms with Crippen LogP contribution >= 0.6 is 11.6 Å². The average molecular weight is 487 g/mol. The van der Waals surface area contributed by atoms with Crippen LogP contribution in [0.4, 0.5) is 10.6 Å². The molecule has 1 aromatic heterocycles. The highest BCUT2D eigenvalue weighted by molar-refractivity contribution is 6.33. The zero-order valence-electron chi connectivity index (χ0n) is 20.5. The summed E-state index contributed by atoms with van der Waals surface area (Å²) in [5, 5.41) is 12.3. The highest BCUT2D eigenvalue weighted by Crippen LogP contribution is 2.26. The van der Waals surface area contributed by atoms with Crippen molar-refractivity contribution in [1.29, 1.82) is 0 Å². The first-order chi connectivity index (χ1) is 16.3. The van der Waals surface area contributed by atoms with Crippen molar-refractivity contribution in [2.75, 3.05) is 37.6 Å². The molecule has 1 aliphatic heterocycles. The van der Waals surface area contributed by atoms with E-state index in [0.29, 0.717) is 24.7 Å². The summed E-state index contributed by atoms with van der Waals surface area (Å²) in [5.41, 5.74) is 1.58. The molecule has 0 radical (unpaired) electrons. The van der Waals surface area contributed by atoms with Crippen LogP contribution in [0.15, 0.2) is 36.4 Å². The SMILES string of the molecule is CCC(C)N(CC(=O)N1CCCN(c2ccc(-c3ccccc3Cl)nn2)CC1)C(=O)NC(C)C. The number of nitrogens with zero attached hydrogens (tertiary/aromatic N) is 5. The molecule has 34 heavy (non-hydrogen) atoms. The molecule has 2 aromatic rings. The number of aromatic nitrogens is 2. The highest BCUT2D eigenvalue weighted by atomic mass is 35.5. The summed E-state index contributed by atoms with van der Waals surface area (Å²) in [5.74, 6) is 0.754. The molecule has 0 bridgehead atoms. The fraction of sp³-hybridized carbons (Fsp3) is 0.520. The Labute approximate surface area is 207 Å². The highest BCUT2D eigenvalue weighted by Gasteiger charge is 2.26. The molecule has 1 saturated heterocycles. The van der Waals surface area contributed by atoms with E-state index in [1.807, 2.05) is 69.0 Å². The van der Waals surface area contributed by atoms with Crippen molar-refractivity contribution >= 4 is 29.4 Å². The molecular weight excluding hydrogens is 452 g/mol. The van der Waals surface area contributed by atoms with Crippen LogP contribution in [-0.2, 0) is 4.79 Å². The molecule has 1 unspecified atom stereocenters. The molecule has 8 nitrogen and oxygen atoms in total. The first-order valence-corrected chi connectivity index (χ1v) is 12.4. The molecule has 3 rings (SSSR count). The Bertz CT molecular complexity index is 968. The maximum absolute atomic E-state index is 13.1. The quantitative estimate of drug-likeness (QED) is 0.638. The predicted octanol–water partition coefficient (Wildman–Crippen LogP) is 4.05. The Hall–Kier alpha value is -2.87. The minimum Gasteiger partial charge on any atom is -0.353 e. The molecule has 0 saturated carbocycles. The number of urea groups is 1. The lowest BCUT2D eigenvalue weighted by Gasteiger charge is -2.31. The summed E-state index contributed by atoms with van der Waals surface area (Å²) in [7, 11) is 0. The molecular formula is C25H35ClN6O2. The van der Waals surface area contributed by atoms with Gasteiger partial charge in [0.1, 0.15) is 6.54 Å². The number of hydrogen-bond donors (Lipinski definition) is 1. The topological polar surface area (TPSA) is 81.7 Å². The van der Waals surface area contributed by atoms with Crippen LogP contribution in [0.25, 0.3) is 11.3 Å². The summed E-state index contributed by atoms with van der Waals surface area (Å²) < 4.78 is 0. The second-order valence-corrected chi connectivity index (χ2v) is 9.37. The number of hydrogen-bond acceptors (Lipinski definition) is 5. The van der Waals surface area contributed by atoms with Crippen molar-refractivity contribution in [3.63, 3.8) is 0 Å². The second kappa shape index (κ2) is 12.0. The van der Waals surface area contributed by atoms with Crippen molar-refractivity contribution in [3.8, 4) is 11.3 Å². The molecule has 1 fully saturated rings. The first kappa shape index (κ1) is 25.7. The minimum atomic E-state index is -0.192. The molecule has 1 aromatic carbocycles. The normalized spacial score (nSPS) is 15.1. The average Bonchev–Trinajstić information content (AvgIpc) is 3.08. The van der Waals surface area contributed by atoms with E-state index in [1.165, 1.54) is 0 Å². The number of rotatable bonds is 7. The Morgan fingerprint density at radius 1 is 1.06 bits per heavy atom. The lowest BCUT2D eigenvalue weighted by atomic mass is 10.1. The Morgan fingerprint density at radius 3 is 2.47 bits per heavy atom. The zero-order chi connectivity index (χ0) is 24.7. The van der Waals surface area contributed by atoms with E-state index >= 15 is 0 Å². The molecule has 3 amide bonds. The molecule has 2 heterocycles. The Balaban J connectivity index is 1.62. The van der Waals surface area contributed by atoms with Gasteiger partial charge in [-0.3, -0.25) is 4.79 Å². The van der Waals surface area contributed by atoms with Gasteiger partial charge in [0.2, 0.25) is 5.91 Å². The third kappa shape index (κ3) is 6.59. The predicted molar refractivity (Wildman–Crippen MR) is 136 cm³/mol. The van der Waals surface area contributed by atoms with Crippen molar-refractivity contribution in [2.24, 2.45) is 0 Å². The van der Waals surface area contributed by atoms with Gasteiger partial charge < -0.3 is 20.0 Å². The maximum Gasteiger partial charge on any atom is 0.318 e. The third-order valence-corrected chi connectivity index (χ3v) is 6.40. The van der Waals surface area contributed by atoms with Crippen LogP contribution in [0.2, 0.25) is 5.02 Å². The Kier molecular flexibility index (Phi) is 9.10. The van der Waals surface area contributed by atoms with E-state index in [-0.39, 0.29) is 30.6 Å². The number of amides is 3. The number of carbonyl (C=O) groups is 2. The molecule has 1 aliphatic rings. The van der Waals surface area contributed by atoms with Gasteiger partial charge >= 0.3 is 6.03 Å². The van der Waals surface area contributed by atoms with Gasteiger partial charge in [0.05, 0.1) is 10.7 Å². The molecule has 1 N–H and O–H groups in total. The summed E-state index contributed by atoms with van der Waals surface area (Å²) in [6.07, 6.45) is 1.61. The number of halogens is 1. The van der Waals surface area contributed by atoms with E-state index in [4.69, 9.17) is 11.6 Å². The summed E-state index contributed by atoms with van der Waals surface area (Å²) >= 11 is 6.28. The van der Waals surface area contributed by atoms with Crippen LogP contribution in [0.1, 0.15) is 40.5 Å². The smallest absolute Gasteiger partial charge is 0.318 e. The fourth-order valence-electron chi connectivity index (χ4n) is 3.93. The zero-order valence-corrected chi connectivity index (χ0v) is 21.3. The number of anilines is 1. The van der Waals surface area contributed by atoms with Gasteiger partial charge in [-0.15, -0.1) is 10.2 Å². The van der Waals surface area contributed by atoms with Crippen molar-refractivity contribution < 1.29 is 9.59 Å². The first-order valence-electron chi connectivity index (χ1n) is 12.0.